The van der Waals surface area contributed by atoms with Gasteiger partial charge in [-0.25, -0.2) is 0 Å². The van der Waals surface area contributed by atoms with Gasteiger partial charge in [-0.2, -0.15) is 0 Å². The molecule has 0 saturated carbocycles. The third kappa shape index (κ3) is 2.80. The van der Waals surface area contributed by atoms with E-state index in [9.17, 15) is 14.4 Å². The van der Waals surface area contributed by atoms with E-state index in [1.165, 1.54) is 4.90 Å². The van der Waals surface area contributed by atoms with Gasteiger partial charge in [0.05, 0.1) is 12.5 Å². The maximum Gasteiger partial charge on any atom is 0.307 e. The number of nitrogens with zero attached hydrogens (tertiary/aromatic N) is 1. The molecule has 3 rings (SSSR count). The second-order valence-corrected chi connectivity index (χ2v) is 5.58. The standard InChI is InChI=1S/C15H17N3O4/c19-13-8-18(14(20)7-17-13)11-3-1-2-9(4-11)12-5-10(6-16-12)15(21)22/h1-4,10,12,16H,5-8H2,(H,17,19)(H,21,22). The number of hydrogen-bond donors (Lipinski definition) is 3. The third-order valence-corrected chi connectivity index (χ3v) is 4.10. The van der Waals surface area contributed by atoms with E-state index in [4.69, 9.17) is 5.11 Å². The first-order valence-corrected chi connectivity index (χ1v) is 7.18. The zero-order valence-corrected chi connectivity index (χ0v) is 11.9. The van der Waals surface area contributed by atoms with Crippen LogP contribution in [0.15, 0.2) is 24.3 Å². The van der Waals surface area contributed by atoms with Gasteiger partial charge in [0, 0.05) is 18.3 Å². The second-order valence-electron chi connectivity index (χ2n) is 5.58. The van der Waals surface area contributed by atoms with E-state index in [1.54, 1.807) is 6.07 Å². The molecule has 7 heteroatoms. The predicted octanol–water partition coefficient (Wildman–Crippen LogP) is -0.115. The molecule has 116 valence electrons. The number of benzene rings is 1. The lowest BCUT2D eigenvalue weighted by molar-refractivity contribution is -0.141. The minimum absolute atomic E-state index is 0.00578. The van der Waals surface area contributed by atoms with Gasteiger partial charge in [-0.3, -0.25) is 14.4 Å². The molecule has 1 aromatic carbocycles. The summed E-state index contributed by atoms with van der Waals surface area (Å²) in [4.78, 5) is 35.9. The summed E-state index contributed by atoms with van der Waals surface area (Å²) in [5, 5.41) is 14.8. The minimum Gasteiger partial charge on any atom is -0.481 e. The Hall–Kier alpha value is -2.41. The van der Waals surface area contributed by atoms with E-state index in [2.05, 4.69) is 10.6 Å². The number of carboxylic acid groups (broad SMARTS) is 1. The molecular formula is C15H17N3O4. The van der Waals surface area contributed by atoms with Gasteiger partial charge in [0.15, 0.2) is 0 Å². The van der Waals surface area contributed by atoms with Crippen LogP contribution in [0.1, 0.15) is 18.0 Å². The van der Waals surface area contributed by atoms with Crippen LogP contribution in [0.3, 0.4) is 0 Å². The number of rotatable bonds is 3. The van der Waals surface area contributed by atoms with Crippen LogP contribution in [-0.2, 0) is 14.4 Å². The Balaban J connectivity index is 1.79. The highest BCUT2D eigenvalue weighted by Crippen LogP contribution is 2.29. The molecule has 1 aromatic rings. The normalized spacial score (nSPS) is 25.2. The van der Waals surface area contributed by atoms with E-state index in [-0.39, 0.29) is 30.9 Å². The molecule has 2 aliphatic rings. The van der Waals surface area contributed by atoms with Crippen molar-refractivity contribution < 1.29 is 19.5 Å². The van der Waals surface area contributed by atoms with Crippen molar-refractivity contribution in [3.8, 4) is 0 Å². The summed E-state index contributed by atoms with van der Waals surface area (Å²) in [7, 11) is 0. The van der Waals surface area contributed by atoms with Crippen LogP contribution in [0.2, 0.25) is 0 Å². The van der Waals surface area contributed by atoms with E-state index >= 15 is 0 Å². The molecule has 0 spiro atoms. The summed E-state index contributed by atoms with van der Waals surface area (Å²) in [6.45, 7) is 0.458. The lowest BCUT2D eigenvalue weighted by atomic mass is 9.99. The SMILES string of the molecule is O=C1CN(c2cccc(C3CC(C(=O)O)CN3)c2)C(=O)CN1. The molecule has 0 aliphatic carbocycles. The molecule has 2 unspecified atom stereocenters. The summed E-state index contributed by atoms with van der Waals surface area (Å²) in [6, 6.07) is 7.30. The maximum absolute atomic E-state index is 11.9. The highest BCUT2D eigenvalue weighted by molar-refractivity contribution is 6.04. The fraction of sp³-hybridized carbons (Fsp3) is 0.400. The molecule has 2 atom stereocenters. The van der Waals surface area contributed by atoms with Crippen molar-refractivity contribution in [1.29, 1.82) is 0 Å². The zero-order chi connectivity index (χ0) is 15.7. The Morgan fingerprint density at radius 1 is 1.32 bits per heavy atom. The van der Waals surface area contributed by atoms with Gasteiger partial charge in [-0.05, 0) is 24.1 Å². The summed E-state index contributed by atoms with van der Waals surface area (Å²) in [5.41, 5.74) is 1.60. The van der Waals surface area contributed by atoms with Gasteiger partial charge in [-0.1, -0.05) is 12.1 Å². The summed E-state index contributed by atoms with van der Waals surface area (Å²) in [6.07, 6.45) is 0.521. The number of piperazine rings is 1. The molecule has 0 aromatic heterocycles. The van der Waals surface area contributed by atoms with Crippen LogP contribution in [0.4, 0.5) is 5.69 Å². The molecule has 2 heterocycles. The second kappa shape index (κ2) is 5.76. The third-order valence-electron chi connectivity index (χ3n) is 4.10. The molecular weight excluding hydrogens is 286 g/mol. The lowest BCUT2D eigenvalue weighted by Crippen LogP contribution is -2.51. The Morgan fingerprint density at radius 2 is 2.14 bits per heavy atom. The smallest absolute Gasteiger partial charge is 0.307 e. The van der Waals surface area contributed by atoms with Crippen LogP contribution in [0.25, 0.3) is 0 Å². The van der Waals surface area contributed by atoms with Crippen molar-refractivity contribution in [2.75, 3.05) is 24.5 Å². The van der Waals surface area contributed by atoms with Gasteiger partial charge in [0.25, 0.3) is 0 Å². The molecule has 0 radical (unpaired) electrons. The monoisotopic (exact) mass is 303 g/mol. The van der Waals surface area contributed by atoms with E-state index in [1.807, 2.05) is 18.2 Å². The topological polar surface area (TPSA) is 98.7 Å². The number of amides is 2. The number of carbonyl (C=O) groups is 3. The van der Waals surface area contributed by atoms with Crippen molar-refractivity contribution in [3.05, 3.63) is 29.8 Å². The van der Waals surface area contributed by atoms with E-state index < -0.39 is 11.9 Å². The predicted molar refractivity (Wildman–Crippen MR) is 78.3 cm³/mol. The van der Waals surface area contributed by atoms with Gasteiger partial charge in [-0.15, -0.1) is 0 Å². The number of aliphatic carboxylic acids is 1. The number of carbonyl (C=O) groups excluding carboxylic acids is 2. The van der Waals surface area contributed by atoms with E-state index in [0.717, 1.165) is 5.56 Å². The molecule has 2 fully saturated rings. The largest absolute Gasteiger partial charge is 0.481 e. The molecule has 0 bridgehead atoms. The number of nitrogens with one attached hydrogen (secondary N) is 2. The summed E-state index contributed by atoms with van der Waals surface area (Å²) in [5.74, 6) is -1.53. The van der Waals surface area contributed by atoms with Crippen LogP contribution in [-0.4, -0.2) is 42.5 Å². The summed E-state index contributed by atoms with van der Waals surface area (Å²) < 4.78 is 0. The molecule has 3 N–H and O–H groups in total. The quantitative estimate of drug-likeness (QED) is 0.723. The number of hydrogen-bond acceptors (Lipinski definition) is 4. The first-order chi connectivity index (χ1) is 10.5. The van der Waals surface area contributed by atoms with Crippen molar-refractivity contribution in [2.45, 2.75) is 12.5 Å². The van der Waals surface area contributed by atoms with Gasteiger partial charge < -0.3 is 20.6 Å². The first-order valence-electron chi connectivity index (χ1n) is 7.18. The molecule has 22 heavy (non-hydrogen) atoms. The first kappa shape index (κ1) is 14.5. The average molecular weight is 303 g/mol. The maximum atomic E-state index is 11.9. The van der Waals surface area contributed by atoms with E-state index in [0.29, 0.717) is 18.7 Å². The van der Waals surface area contributed by atoms with Gasteiger partial charge in [0.2, 0.25) is 11.8 Å². The highest BCUT2D eigenvalue weighted by atomic mass is 16.4. The van der Waals surface area contributed by atoms with Gasteiger partial charge in [0.1, 0.15) is 6.54 Å². The average Bonchev–Trinajstić information content (AvgIpc) is 3.00. The van der Waals surface area contributed by atoms with Crippen LogP contribution in [0.5, 0.6) is 0 Å². The Labute approximate surface area is 127 Å². The Kier molecular flexibility index (Phi) is 3.81. The van der Waals surface area contributed by atoms with Crippen LogP contribution >= 0.6 is 0 Å². The molecule has 2 amide bonds. The number of carboxylic acids is 1. The highest BCUT2D eigenvalue weighted by Gasteiger charge is 2.31. The van der Waals surface area contributed by atoms with Crippen LogP contribution in [0, 0.1) is 5.92 Å². The van der Waals surface area contributed by atoms with Crippen molar-refractivity contribution in [1.82, 2.24) is 10.6 Å². The fourth-order valence-electron chi connectivity index (χ4n) is 2.88. The lowest BCUT2D eigenvalue weighted by Gasteiger charge is -2.27. The zero-order valence-electron chi connectivity index (χ0n) is 11.9. The Bertz CT molecular complexity index is 631. The minimum atomic E-state index is -0.797. The van der Waals surface area contributed by atoms with Crippen molar-refractivity contribution in [2.24, 2.45) is 5.92 Å². The van der Waals surface area contributed by atoms with Crippen molar-refractivity contribution in [3.63, 3.8) is 0 Å². The Morgan fingerprint density at radius 3 is 2.86 bits per heavy atom. The van der Waals surface area contributed by atoms with Crippen LogP contribution < -0.4 is 15.5 Å². The molecule has 2 aliphatic heterocycles. The summed E-state index contributed by atoms with van der Waals surface area (Å²) >= 11 is 0. The van der Waals surface area contributed by atoms with Gasteiger partial charge >= 0.3 is 5.97 Å². The number of anilines is 1. The molecule has 2 saturated heterocycles. The fourth-order valence-corrected chi connectivity index (χ4v) is 2.88. The van der Waals surface area contributed by atoms with Crippen molar-refractivity contribution >= 4 is 23.5 Å². The molecule has 7 nitrogen and oxygen atoms in total.